The molecular formula is C12H20N2. The molecule has 14 heavy (non-hydrogen) atoms. The van der Waals surface area contributed by atoms with E-state index in [9.17, 15) is 0 Å². The summed E-state index contributed by atoms with van der Waals surface area (Å²) in [6.07, 6.45) is 6.53. The third-order valence-corrected chi connectivity index (χ3v) is 2.79. The molecule has 0 amide bonds. The van der Waals surface area contributed by atoms with Crippen LogP contribution >= 0.6 is 0 Å². The van der Waals surface area contributed by atoms with E-state index in [0.717, 1.165) is 5.69 Å². The molecule has 2 nitrogen and oxygen atoms in total. The van der Waals surface area contributed by atoms with E-state index >= 15 is 0 Å². The van der Waals surface area contributed by atoms with E-state index in [-0.39, 0.29) is 5.41 Å². The summed E-state index contributed by atoms with van der Waals surface area (Å²) in [6, 6.07) is 4.07. The molecule has 0 saturated heterocycles. The summed E-state index contributed by atoms with van der Waals surface area (Å²) >= 11 is 0. The van der Waals surface area contributed by atoms with E-state index in [0.29, 0.717) is 0 Å². The van der Waals surface area contributed by atoms with Gasteiger partial charge in [-0.05, 0) is 25.0 Å². The minimum atomic E-state index is 0.220. The number of hydrogen-bond acceptors (Lipinski definition) is 2. The molecule has 0 radical (unpaired) electrons. The Bertz CT molecular complexity index is 250. The SMILES string of the molecule is CCCC(C)(CCC)c1cccnn1. The Hall–Kier alpha value is -0.920. The van der Waals surface area contributed by atoms with Crippen molar-refractivity contribution < 1.29 is 0 Å². The van der Waals surface area contributed by atoms with Crippen LogP contribution in [0.4, 0.5) is 0 Å². The molecule has 0 bridgehead atoms. The number of aromatic nitrogens is 2. The van der Waals surface area contributed by atoms with Crippen LogP contribution in [0.2, 0.25) is 0 Å². The van der Waals surface area contributed by atoms with Crippen LogP contribution in [-0.4, -0.2) is 10.2 Å². The van der Waals surface area contributed by atoms with Crippen LogP contribution < -0.4 is 0 Å². The van der Waals surface area contributed by atoms with Crippen LogP contribution in [0.5, 0.6) is 0 Å². The van der Waals surface area contributed by atoms with Crippen LogP contribution in [0.25, 0.3) is 0 Å². The summed E-state index contributed by atoms with van der Waals surface area (Å²) in [5, 5.41) is 8.20. The quantitative estimate of drug-likeness (QED) is 0.715. The van der Waals surface area contributed by atoms with Crippen molar-refractivity contribution in [3.05, 3.63) is 24.0 Å². The minimum absolute atomic E-state index is 0.220. The normalized spacial score (nSPS) is 11.6. The summed E-state index contributed by atoms with van der Waals surface area (Å²) in [6.45, 7) is 6.75. The monoisotopic (exact) mass is 192 g/mol. The van der Waals surface area contributed by atoms with Crippen molar-refractivity contribution in [2.24, 2.45) is 0 Å². The third-order valence-electron chi connectivity index (χ3n) is 2.79. The summed E-state index contributed by atoms with van der Waals surface area (Å²) in [7, 11) is 0. The number of rotatable bonds is 5. The van der Waals surface area contributed by atoms with E-state index < -0.39 is 0 Å². The lowest BCUT2D eigenvalue weighted by atomic mass is 9.78. The fourth-order valence-electron chi connectivity index (χ4n) is 2.11. The predicted molar refractivity (Wildman–Crippen MR) is 59.2 cm³/mol. The van der Waals surface area contributed by atoms with Crippen molar-refractivity contribution in [1.29, 1.82) is 0 Å². The fraction of sp³-hybridized carbons (Fsp3) is 0.667. The van der Waals surface area contributed by atoms with Crippen molar-refractivity contribution in [1.82, 2.24) is 10.2 Å². The maximum absolute atomic E-state index is 4.24. The number of nitrogens with zero attached hydrogens (tertiary/aromatic N) is 2. The smallest absolute Gasteiger partial charge is 0.0689 e. The molecule has 0 saturated carbocycles. The first kappa shape index (κ1) is 11.2. The van der Waals surface area contributed by atoms with E-state index in [4.69, 9.17) is 0 Å². The van der Waals surface area contributed by atoms with Gasteiger partial charge >= 0.3 is 0 Å². The standard InChI is InChI=1S/C12H20N2/c1-4-8-12(3,9-5-2)11-7-6-10-13-14-11/h6-7,10H,4-5,8-9H2,1-3H3. The molecule has 1 aromatic heterocycles. The summed E-state index contributed by atoms with van der Waals surface area (Å²) in [5.74, 6) is 0. The Labute approximate surface area is 86.8 Å². The molecule has 0 fully saturated rings. The Kier molecular flexibility index (Phi) is 4.05. The summed E-state index contributed by atoms with van der Waals surface area (Å²) < 4.78 is 0. The van der Waals surface area contributed by atoms with Crippen LogP contribution in [0.3, 0.4) is 0 Å². The van der Waals surface area contributed by atoms with Crippen molar-refractivity contribution >= 4 is 0 Å². The van der Waals surface area contributed by atoms with Gasteiger partial charge in [0.05, 0.1) is 5.69 Å². The molecule has 0 aromatic carbocycles. The first-order valence-corrected chi connectivity index (χ1v) is 5.51. The Morgan fingerprint density at radius 3 is 2.29 bits per heavy atom. The highest BCUT2D eigenvalue weighted by Crippen LogP contribution is 2.31. The summed E-state index contributed by atoms with van der Waals surface area (Å²) in [4.78, 5) is 0. The fourth-order valence-corrected chi connectivity index (χ4v) is 2.11. The Balaban J connectivity index is 2.87. The van der Waals surface area contributed by atoms with Crippen molar-refractivity contribution in [3.8, 4) is 0 Å². The van der Waals surface area contributed by atoms with Gasteiger partial charge in [-0.3, -0.25) is 0 Å². The second-order valence-corrected chi connectivity index (χ2v) is 4.17. The van der Waals surface area contributed by atoms with Crippen LogP contribution in [-0.2, 0) is 5.41 Å². The van der Waals surface area contributed by atoms with E-state index in [1.54, 1.807) is 6.20 Å². The second-order valence-electron chi connectivity index (χ2n) is 4.17. The zero-order valence-electron chi connectivity index (χ0n) is 9.45. The maximum Gasteiger partial charge on any atom is 0.0689 e. The number of hydrogen-bond donors (Lipinski definition) is 0. The average molecular weight is 192 g/mol. The zero-order chi connectivity index (χ0) is 10.4. The molecule has 0 aliphatic rings. The molecule has 0 N–H and O–H groups in total. The average Bonchev–Trinajstić information content (AvgIpc) is 2.20. The molecule has 0 atom stereocenters. The largest absolute Gasteiger partial charge is 0.159 e. The van der Waals surface area contributed by atoms with E-state index in [1.165, 1.54) is 25.7 Å². The van der Waals surface area contributed by atoms with E-state index in [2.05, 4.69) is 37.0 Å². The van der Waals surface area contributed by atoms with Gasteiger partial charge in [0.15, 0.2) is 0 Å². The first-order valence-electron chi connectivity index (χ1n) is 5.51. The predicted octanol–water partition coefficient (Wildman–Crippen LogP) is 3.33. The van der Waals surface area contributed by atoms with Crippen molar-refractivity contribution in [2.45, 2.75) is 51.9 Å². The molecule has 1 rings (SSSR count). The molecule has 2 heteroatoms. The lowest BCUT2D eigenvalue weighted by Gasteiger charge is -2.27. The maximum atomic E-state index is 4.24. The molecule has 1 heterocycles. The van der Waals surface area contributed by atoms with Gasteiger partial charge in [0, 0.05) is 11.6 Å². The molecule has 0 aliphatic heterocycles. The molecule has 0 unspecified atom stereocenters. The third kappa shape index (κ3) is 2.53. The second kappa shape index (κ2) is 5.08. The topological polar surface area (TPSA) is 25.8 Å². The lowest BCUT2D eigenvalue weighted by Crippen LogP contribution is -2.23. The highest BCUT2D eigenvalue weighted by atomic mass is 15.1. The van der Waals surface area contributed by atoms with Crippen molar-refractivity contribution in [2.75, 3.05) is 0 Å². The molecule has 0 aliphatic carbocycles. The molecular weight excluding hydrogens is 172 g/mol. The minimum Gasteiger partial charge on any atom is -0.159 e. The van der Waals surface area contributed by atoms with Crippen LogP contribution in [0.1, 0.15) is 52.1 Å². The lowest BCUT2D eigenvalue weighted by molar-refractivity contribution is 0.378. The summed E-state index contributed by atoms with van der Waals surface area (Å²) in [5.41, 5.74) is 1.36. The van der Waals surface area contributed by atoms with Gasteiger partial charge in [0.1, 0.15) is 0 Å². The highest BCUT2D eigenvalue weighted by molar-refractivity contribution is 5.13. The van der Waals surface area contributed by atoms with E-state index in [1.807, 2.05) is 6.07 Å². The van der Waals surface area contributed by atoms with Gasteiger partial charge in [-0.1, -0.05) is 33.6 Å². The Morgan fingerprint density at radius 1 is 1.21 bits per heavy atom. The van der Waals surface area contributed by atoms with Crippen LogP contribution in [0, 0.1) is 0 Å². The van der Waals surface area contributed by atoms with Gasteiger partial charge in [-0.2, -0.15) is 10.2 Å². The molecule has 1 aromatic rings. The van der Waals surface area contributed by atoms with Gasteiger partial charge < -0.3 is 0 Å². The molecule has 78 valence electrons. The van der Waals surface area contributed by atoms with Crippen LogP contribution in [0.15, 0.2) is 18.3 Å². The first-order chi connectivity index (χ1) is 6.73. The van der Waals surface area contributed by atoms with Crippen molar-refractivity contribution in [3.63, 3.8) is 0 Å². The molecule has 0 spiro atoms. The van der Waals surface area contributed by atoms with Gasteiger partial charge in [0.25, 0.3) is 0 Å². The highest BCUT2D eigenvalue weighted by Gasteiger charge is 2.26. The van der Waals surface area contributed by atoms with Gasteiger partial charge in [-0.25, -0.2) is 0 Å². The Morgan fingerprint density at radius 2 is 1.86 bits per heavy atom. The van der Waals surface area contributed by atoms with Gasteiger partial charge in [-0.15, -0.1) is 0 Å². The zero-order valence-corrected chi connectivity index (χ0v) is 9.45. The van der Waals surface area contributed by atoms with Gasteiger partial charge in [0.2, 0.25) is 0 Å².